The zero-order chi connectivity index (χ0) is 13.1. The minimum Gasteiger partial charge on any atom is -0.618 e. The van der Waals surface area contributed by atoms with E-state index in [1.54, 1.807) is 0 Å². The lowest BCUT2D eigenvalue weighted by atomic mass is 9.97. The molecule has 0 atom stereocenters. The Kier molecular flexibility index (Phi) is 4.17. The second-order valence-electron chi connectivity index (χ2n) is 4.93. The Hall–Kier alpha value is -1.49. The summed E-state index contributed by atoms with van der Waals surface area (Å²) in [6.07, 6.45) is 1.24. The standard InChI is InChI=1S/C11H16ClN3O2/c1-11(2,3)7-13-10(16)14-8-4-5-15(17)9(12)6-8/h4-6H,7H2,1-3H3,(H2,13,14,16). The molecule has 0 aliphatic heterocycles. The van der Waals surface area contributed by atoms with Crippen LogP contribution >= 0.6 is 11.6 Å². The molecule has 0 spiro atoms. The van der Waals surface area contributed by atoms with Crippen molar-refractivity contribution >= 4 is 23.3 Å². The fraction of sp³-hybridized carbons (Fsp3) is 0.455. The van der Waals surface area contributed by atoms with Gasteiger partial charge in [-0.3, -0.25) is 0 Å². The molecule has 1 rings (SSSR count). The number of carbonyl (C=O) groups is 1. The highest BCUT2D eigenvalue weighted by molar-refractivity contribution is 6.28. The first-order valence-corrected chi connectivity index (χ1v) is 5.59. The van der Waals surface area contributed by atoms with E-state index in [0.717, 1.165) is 0 Å². The number of nitrogens with one attached hydrogen (secondary N) is 2. The van der Waals surface area contributed by atoms with Crippen LogP contribution in [0.5, 0.6) is 0 Å². The number of pyridine rings is 1. The Labute approximate surface area is 105 Å². The molecule has 2 N–H and O–H groups in total. The van der Waals surface area contributed by atoms with E-state index in [4.69, 9.17) is 11.6 Å². The highest BCUT2D eigenvalue weighted by Gasteiger charge is 2.12. The molecule has 0 fully saturated rings. The fourth-order valence-electron chi connectivity index (χ4n) is 1.06. The van der Waals surface area contributed by atoms with Gasteiger partial charge in [-0.1, -0.05) is 20.8 Å². The number of urea groups is 1. The molecule has 5 nitrogen and oxygen atoms in total. The maximum atomic E-state index is 11.5. The van der Waals surface area contributed by atoms with Crippen molar-refractivity contribution < 1.29 is 9.52 Å². The summed E-state index contributed by atoms with van der Waals surface area (Å²) in [6.45, 7) is 6.62. The summed E-state index contributed by atoms with van der Waals surface area (Å²) < 4.78 is 0.514. The average Bonchev–Trinajstić information content (AvgIpc) is 2.20. The molecule has 0 saturated heterocycles. The molecule has 1 aromatic rings. The molecule has 94 valence electrons. The number of halogens is 1. The van der Waals surface area contributed by atoms with Crippen LogP contribution in [0.4, 0.5) is 10.5 Å². The largest absolute Gasteiger partial charge is 0.618 e. The van der Waals surface area contributed by atoms with E-state index in [2.05, 4.69) is 10.6 Å². The number of aromatic nitrogens is 1. The van der Waals surface area contributed by atoms with Crippen molar-refractivity contribution in [3.8, 4) is 0 Å². The molecular weight excluding hydrogens is 242 g/mol. The predicted molar refractivity (Wildman–Crippen MR) is 66.9 cm³/mol. The topological polar surface area (TPSA) is 68.1 Å². The summed E-state index contributed by atoms with van der Waals surface area (Å²) >= 11 is 5.63. The fourth-order valence-corrected chi connectivity index (χ4v) is 1.23. The molecule has 0 radical (unpaired) electrons. The SMILES string of the molecule is CC(C)(C)CNC(=O)Nc1cc[n+]([O-])c(Cl)c1. The van der Waals surface area contributed by atoms with Crippen LogP contribution in [0, 0.1) is 10.6 Å². The van der Waals surface area contributed by atoms with Gasteiger partial charge in [0.1, 0.15) is 0 Å². The van der Waals surface area contributed by atoms with Crippen molar-refractivity contribution in [3.63, 3.8) is 0 Å². The van der Waals surface area contributed by atoms with E-state index >= 15 is 0 Å². The van der Waals surface area contributed by atoms with Gasteiger partial charge < -0.3 is 15.8 Å². The van der Waals surface area contributed by atoms with Gasteiger partial charge >= 0.3 is 6.03 Å². The van der Waals surface area contributed by atoms with Gasteiger partial charge in [0.2, 0.25) is 0 Å². The lowest BCUT2D eigenvalue weighted by Crippen LogP contribution is -2.35. The molecule has 0 aliphatic carbocycles. The maximum absolute atomic E-state index is 11.5. The summed E-state index contributed by atoms with van der Waals surface area (Å²) in [5, 5.41) is 16.3. The molecule has 6 heteroatoms. The van der Waals surface area contributed by atoms with Crippen molar-refractivity contribution in [2.75, 3.05) is 11.9 Å². The van der Waals surface area contributed by atoms with Crippen molar-refractivity contribution in [3.05, 3.63) is 28.7 Å². The Morgan fingerprint density at radius 1 is 1.53 bits per heavy atom. The first-order chi connectivity index (χ1) is 7.78. The Bertz CT molecular complexity index is 416. The summed E-state index contributed by atoms with van der Waals surface area (Å²) in [5.41, 5.74) is 0.498. The number of carbonyl (C=O) groups excluding carboxylic acids is 1. The van der Waals surface area contributed by atoms with Gasteiger partial charge in [0.15, 0.2) is 6.20 Å². The van der Waals surface area contributed by atoms with Crippen LogP contribution in [0.3, 0.4) is 0 Å². The quantitative estimate of drug-likeness (QED) is 0.484. The van der Waals surface area contributed by atoms with Gasteiger partial charge in [0.25, 0.3) is 5.15 Å². The summed E-state index contributed by atoms with van der Waals surface area (Å²) in [5.74, 6) is 0. The van der Waals surface area contributed by atoms with Crippen molar-refractivity contribution in [2.24, 2.45) is 5.41 Å². The van der Waals surface area contributed by atoms with Gasteiger partial charge in [-0.2, -0.15) is 4.73 Å². The second-order valence-corrected chi connectivity index (χ2v) is 5.32. The van der Waals surface area contributed by atoms with Crippen LogP contribution in [-0.2, 0) is 0 Å². The van der Waals surface area contributed by atoms with E-state index in [1.807, 2.05) is 20.8 Å². The molecule has 0 saturated carbocycles. The van der Waals surface area contributed by atoms with E-state index in [0.29, 0.717) is 17.0 Å². The molecule has 0 bridgehead atoms. The van der Waals surface area contributed by atoms with Crippen molar-refractivity contribution in [1.29, 1.82) is 0 Å². The van der Waals surface area contributed by atoms with Gasteiger partial charge in [-0.25, -0.2) is 4.79 Å². The Morgan fingerprint density at radius 2 is 2.18 bits per heavy atom. The van der Waals surface area contributed by atoms with Crippen LogP contribution < -0.4 is 15.4 Å². The normalized spacial score (nSPS) is 11.1. The monoisotopic (exact) mass is 257 g/mol. The number of anilines is 1. The lowest BCUT2D eigenvalue weighted by molar-refractivity contribution is -0.602. The van der Waals surface area contributed by atoms with Crippen LogP contribution in [0.25, 0.3) is 0 Å². The average molecular weight is 258 g/mol. The zero-order valence-electron chi connectivity index (χ0n) is 10.1. The van der Waals surface area contributed by atoms with Gasteiger partial charge in [0, 0.05) is 18.7 Å². The highest BCUT2D eigenvalue weighted by Crippen LogP contribution is 2.12. The Balaban J connectivity index is 2.54. The van der Waals surface area contributed by atoms with Gasteiger partial charge in [-0.15, -0.1) is 0 Å². The van der Waals surface area contributed by atoms with E-state index in [-0.39, 0.29) is 16.6 Å². The number of nitrogens with zero attached hydrogens (tertiary/aromatic N) is 1. The van der Waals surface area contributed by atoms with Crippen molar-refractivity contribution in [1.82, 2.24) is 5.32 Å². The molecule has 1 heterocycles. The highest BCUT2D eigenvalue weighted by atomic mass is 35.5. The van der Waals surface area contributed by atoms with Crippen LogP contribution in [0.2, 0.25) is 5.15 Å². The number of hydrogen-bond donors (Lipinski definition) is 2. The van der Waals surface area contributed by atoms with E-state index in [1.165, 1.54) is 18.3 Å². The number of amides is 2. The Morgan fingerprint density at radius 3 is 2.71 bits per heavy atom. The number of hydrogen-bond acceptors (Lipinski definition) is 2. The summed E-state index contributed by atoms with van der Waals surface area (Å²) in [7, 11) is 0. The van der Waals surface area contributed by atoms with Crippen LogP contribution in [0.15, 0.2) is 18.3 Å². The summed E-state index contributed by atoms with van der Waals surface area (Å²) in [4.78, 5) is 11.5. The zero-order valence-corrected chi connectivity index (χ0v) is 10.8. The first-order valence-electron chi connectivity index (χ1n) is 5.21. The molecular formula is C11H16ClN3O2. The minimum absolute atomic E-state index is 0.0126. The van der Waals surface area contributed by atoms with Gasteiger partial charge in [0.05, 0.1) is 5.69 Å². The first kappa shape index (κ1) is 13.6. The third-order valence-corrected chi connectivity index (χ3v) is 2.19. The van der Waals surface area contributed by atoms with Crippen LogP contribution in [-0.4, -0.2) is 12.6 Å². The second kappa shape index (κ2) is 5.23. The smallest absolute Gasteiger partial charge is 0.319 e. The third kappa shape index (κ3) is 4.91. The van der Waals surface area contributed by atoms with E-state index < -0.39 is 0 Å². The molecule has 0 aromatic carbocycles. The number of rotatable bonds is 2. The molecule has 1 aromatic heterocycles. The molecule has 0 aliphatic rings. The minimum atomic E-state index is -0.320. The molecule has 0 unspecified atom stereocenters. The third-order valence-electron chi connectivity index (χ3n) is 1.91. The van der Waals surface area contributed by atoms with Crippen molar-refractivity contribution in [2.45, 2.75) is 20.8 Å². The molecule has 17 heavy (non-hydrogen) atoms. The van der Waals surface area contributed by atoms with Gasteiger partial charge in [-0.05, 0) is 17.0 Å². The maximum Gasteiger partial charge on any atom is 0.319 e. The van der Waals surface area contributed by atoms with E-state index in [9.17, 15) is 10.0 Å². The predicted octanol–water partition coefficient (Wildman–Crippen LogP) is 2.14. The molecule has 2 amide bonds. The lowest BCUT2D eigenvalue weighted by Gasteiger charge is -2.18. The van der Waals surface area contributed by atoms with Crippen LogP contribution in [0.1, 0.15) is 20.8 Å². The summed E-state index contributed by atoms with van der Waals surface area (Å²) in [6, 6.07) is 2.56.